The van der Waals surface area contributed by atoms with E-state index in [0.717, 1.165) is 61.3 Å². The lowest BCUT2D eigenvalue weighted by Gasteiger charge is -2.36. The minimum absolute atomic E-state index is 0.134. The highest BCUT2D eigenvalue weighted by atomic mass is 35.5. The molecule has 4 atom stereocenters. The Morgan fingerprint density at radius 2 is 1.62 bits per heavy atom. The van der Waals surface area contributed by atoms with Crippen molar-refractivity contribution in [2.75, 3.05) is 44.2 Å². The Balaban J connectivity index is 1.06. The molecule has 4 aliphatic rings. The maximum Gasteiger partial charge on any atom is 0.258 e. The van der Waals surface area contributed by atoms with Gasteiger partial charge in [-0.25, -0.2) is 0 Å². The van der Waals surface area contributed by atoms with Crippen molar-refractivity contribution in [3.63, 3.8) is 0 Å². The van der Waals surface area contributed by atoms with Crippen LogP contribution in [0.4, 0.5) is 5.69 Å². The van der Waals surface area contributed by atoms with Gasteiger partial charge in [0, 0.05) is 32.7 Å². The number of para-hydroxylation sites is 1. The van der Waals surface area contributed by atoms with Gasteiger partial charge in [-0.1, -0.05) is 35.9 Å². The number of halogens is 1. The maximum absolute atomic E-state index is 12.6. The first-order chi connectivity index (χ1) is 14.1. The van der Waals surface area contributed by atoms with Gasteiger partial charge in [-0.15, -0.1) is 0 Å². The minimum Gasteiger partial charge on any atom is -0.368 e. The van der Waals surface area contributed by atoms with E-state index in [9.17, 15) is 9.59 Å². The summed E-state index contributed by atoms with van der Waals surface area (Å²) in [5.74, 6) is -0.185. The quantitative estimate of drug-likeness (QED) is 0.406. The van der Waals surface area contributed by atoms with E-state index in [-0.39, 0.29) is 35.5 Å². The summed E-state index contributed by atoms with van der Waals surface area (Å²) in [5, 5.41) is 1.86. The highest BCUT2D eigenvalue weighted by Crippen LogP contribution is 2.52. The van der Waals surface area contributed by atoms with Gasteiger partial charge in [-0.05, 0) is 36.8 Å². The Morgan fingerprint density at radius 3 is 2.28 bits per heavy atom. The molecule has 3 fully saturated rings. The number of anilines is 1. The smallest absolute Gasteiger partial charge is 0.258 e. The lowest BCUT2D eigenvalue weighted by atomic mass is 9.85. The number of rotatable bonds is 6. The van der Waals surface area contributed by atoms with E-state index in [0.29, 0.717) is 6.61 Å². The zero-order chi connectivity index (χ0) is 20.0. The first kappa shape index (κ1) is 19.1. The topological polar surface area (TPSA) is 53.1 Å². The fourth-order valence-corrected chi connectivity index (χ4v) is 5.62. The van der Waals surface area contributed by atoms with E-state index in [2.05, 4.69) is 28.0 Å². The molecule has 2 unspecified atom stereocenters. The van der Waals surface area contributed by atoms with Crippen molar-refractivity contribution in [2.24, 2.45) is 23.7 Å². The number of fused-ring (bicyclic) bond motifs is 5. The van der Waals surface area contributed by atoms with E-state index in [1.807, 2.05) is 18.2 Å². The second-order valence-corrected chi connectivity index (χ2v) is 8.84. The van der Waals surface area contributed by atoms with Crippen LogP contribution in [0.5, 0.6) is 0 Å². The first-order valence-electron chi connectivity index (χ1n) is 10.5. The van der Waals surface area contributed by atoms with Crippen LogP contribution in [0.15, 0.2) is 36.4 Å². The van der Waals surface area contributed by atoms with E-state index >= 15 is 0 Å². The third-order valence-electron chi connectivity index (χ3n) is 6.83. The summed E-state index contributed by atoms with van der Waals surface area (Å²) < 4.78 is 0. The number of hydrogen-bond acceptors (Lipinski definition) is 5. The molecule has 0 radical (unpaired) electrons. The van der Waals surface area contributed by atoms with E-state index in [4.69, 9.17) is 16.4 Å². The molecule has 2 aliphatic carbocycles. The highest BCUT2D eigenvalue weighted by molar-refractivity contribution is 6.33. The fourth-order valence-electron chi connectivity index (χ4n) is 5.37. The molecular weight excluding hydrogens is 390 g/mol. The molecule has 154 valence electrons. The Bertz CT molecular complexity index is 806. The van der Waals surface area contributed by atoms with E-state index in [1.165, 1.54) is 0 Å². The van der Waals surface area contributed by atoms with Crippen LogP contribution in [0.2, 0.25) is 5.02 Å². The van der Waals surface area contributed by atoms with Gasteiger partial charge in [0.05, 0.1) is 29.2 Å². The number of hydroxylamine groups is 2. The molecular formula is C22H26ClN3O3. The SMILES string of the molecule is O=C1C2C(C(=O)N1OCCCN1CCN(c3ccccc3Cl)CC1)[C@H]1C=C[C@@H]2C1. The Hall–Kier alpha value is -1.89. The number of carbonyl (C=O) groups excluding carboxylic acids is 2. The average molecular weight is 416 g/mol. The molecule has 1 aromatic rings. The summed E-state index contributed by atoms with van der Waals surface area (Å²) >= 11 is 6.30. The molecule has 6 nitrogen and oxygen atoms in total. The standard InChI is InChI=1S/C22H26ClN3O3/c23-17-4-1-2-5-18(17)25-11-9-24(10-12-25)8-3-13-29-26-21(27)19-15-6-7-16(14-15)20(19)22(26)28/h1-2,4-7,15-16,19-20H,3,8-14H2/t15-,16+,19?,20?. The summed E-state index contributed by atoms with van der Waals surface area (Å²) in [4.78, 5) is 35.5. The van der Waals surface area contributed by atoms with Crippen LogP contribution in [-0.2, 0) is 14.4 Å². The summed E-state index contributed by atoms with van der Waals surface area (Å²) in [5.41, 5.74) is 1.09. The van der Waals surface area contributed by atoms with Crippen molar-refractivity contribution in [2.45, 2.75) is 12.8 Å². The van der Waals surface area contributed by atoms with Crippen molar-refractivity contribution in [3.8, 4) is 0 Å². The fraction of sp³-hybridized carbons (Fsp3) is 0.545. The molecule has 0 N–H and O–H groups in total. The van der Waals surface area contributed by atoms with E-state index < -0.39 is 0 Å². The average Bonchev–Trinajstić information content (AvgIpc) is 3.41. The molecule has 2 saturated heterocycles. The normalized spacial score (nSPS) is 31.2. The zero-order valence-electron chi connectivity index (χ0n) is 16.4. The van der Waals surface area contributed by atoms with Crippen LogP contribution in [0.1, 0.15) is 12.8 Å². The second-order valence-electron chi connectivity index (χ2n) is 8.44. The molecule has 5 rings (SSSR count). The summed E-state index contributed by atoms with van der Waals surface area (Å²) in [6.45, 7) is 5.09. The van der Waals surface area contributed by atoms with Crippen molar-refractivity contribution < 1.29 is 14.4 Å². The van der Waals surface area contributed by atoms with Crippen LogP contribution in [0.25, 0.3) is 0 Å². The van der Waals surface area contributed by atoms with Crippen molar-refractivity contribution in [1.29, 1.82) is 0 Å². The van der Waals surface area contributed by atoms with Crippen LogP contribution >= 0.6 is 11.6 Å². The molecule has 1 aromatic carbocycles. The van der Waals surface area contributed by atoms with Crippen molar-refractivity contribution in [1.82, 2.24) is 9.96 Å². The second kappa shape index (κ2) is 7.74. The molecule has 1 saturated carbocycles. The van der Waals surface area contributed by atoms with E-state index in [1.54, 1.807) is 0 Å². The van der Waals surface area contributed by atoms with Gasteiger partial charge < -0.3 is 4.90 Å². The minimum atomic E-state index is -0.185. The molecule has 2 bridgehead atoms. The Morgan fingerprint density at radius 1 is 0.966 bits per heavy atom. The molecule has 0 aromatic heterocycles. The van der Waals surface area contributed by atoms with Crippen molar-refractivity contribution in [3.05, 3.63) is 41.4 Å². The summed E-state index contributed by atoms with van der Waals surface area (Å²) in [6.07, 6.45) is 5.94. The number of hydrogen-bond donors (Lipinski definition) is 0. The number of amides is 2. The lowest BCUT2D eigenvalue weighted by molar-refractivity contribution is -0.190. The predicted molar refractivity (Wildman–Crippen MR) is 110 cm³/mol. The number of nitrogens with zero attached hydrogens (tertiary/aromatic N) is 3. The van der Waals surface area contributed by atoms with Gasteiger partial charge in [0.2, 0.25) is 0 Å². The maximum atomic E-state index is 12.6. The number of benzene rings is 1. The molecule has 2 aliphatic heterocycles. The van der Waals surface area contributed by atoms with Gasteiger partial charge in [-0.2, -0.15) is 5.06 Å². The summed E-state index contributed by atoms with van der Waals surface area (Å²) in [6, 6.07) is 7.96. The highest BCUT2D eigenvalue weighted by Gasteiger charge is 2.60. The van der Waals surface area contributed by atoms with Gasteiger partial charge >= 0.3 is 0 Å². The Kier molecular flexibility index (Phi) is 5.10. The van der Waals surface area contributed by atoms with Crippen LogP contribution in [0.3, 0.4) is 0 Å². The summed E-state index contributed by atoms with van der Waals surface area (Å²) in [7, 11) is 0. The zero-order valence-corrected chi connectivity index (χ0v) is 17.1. The van der Waals surface area contributed by atoms with Crippen LogP contribution in [0, 0.1) is 23.7 Å². The third-order valence-corrected chi connectivity index (χ3v) is 7.15. The number of piperazine rings is 1. The first-order valence-corrected chi connectivity index (χ1v) is 10.9. The van der Waals surface area contributed by atoms with Gasteiger partial charge in [0.1, 0.15) is 0 Å². The number of allylic oxidation sites excluding steroid dienone is 2. The number of carbonyl (C=O) groups is 2. The molecule has 29 heavy (non-hydrogen) atoms. The largest absolute Gasteiger partial charge is 0.368 e. The molecule has 7 heteroatoms. The Labute approximate surface area is 176 Å². The van der Waals surface area contributed by atoms with Crippen molar-refractivity contribution >= 4 is 29.1 Å². The molecule has 2 heterocycles. The molecule has 2 amide bonds. The predicted octanol–water partition coefficient (Wildman–Crippen LogP) is 2.59. The third kappa shape index (κ3) is 3.37. The monoisotopic (exact) mass is 415 g/mol. The van der Waals surface area contributed by atoms with Crippen LogP contribution < -0.4 is 4.90 Å². The van der Waals surface area contributed by atoms with Crippen LogP contribution in [-0.4, -0.2) is 61.1 Å². The van der Waals surface area contributed by atoms with Gasteiger partial charge in [0.15, 0.2) is 0 Å². The van der Waals surface area contributed by atoms with Gasteiger partial charge in [0.25, 0.3) is 11.8 Å². The van der Waals surface area contributed by atoms with Gasteiger partial charge in [-0.3, -0.25) is 19.3 Å². The lowest BCUT2D eigenvalue weighted by Crippen LogP contribution is -2.47. The molecule has 0 spiro atoms. The number of imide groups is 1.